The first-order chi connectivity index (χ1) is 8.68. The van der Waals surface area contributed by atoms with Gasteiger partial charge in [-0.2, -0.15) is 0 Å². The second kappa shape index (κ2) is 5.81. The van der Waals surface area contributed by atoms with E-state index in [2.05, 4.69) is 0 Å². The van der Waals surface area contributed by atoms with Gasteiger partial charge < -0.3 is 4.74 Å². The normalized spacial score (nSPS) is 10.1. The summed E-state index contributed by atoms with van der Waals surface area (Å²) in [6, 6.07) is 14.5. The number of nitro benzene ring substituents is 1. The van der Waals surface area contributed by atoms with Gasteiger partial charge in [0.1, 0.15) is 15.9 Å². The van der Waals surface area contributed by atoms with Crippen LogP contribution in [0, 0.1) is 13.7 Å². The molecule has 4 nitrogen and oxygen atoms in total. The Hall–Kier alpha value is -1.63. The maximum Gasteiger partial charge on any atom is 0.286 e. The zero-order valence-electron chi connectivity index (χ0n) is 9.38. The van der Waals surface area contributed by atoms with Crippen molar-refractivity contribution in [2.24, 2.45) is 0 Å². The maximum atomic E-state index is 10.8. The van der Waals surface area contributed by atoms with Crippen molar-refractivity contribution in [2.45, 2.75) is 6.61 Å². The molecular weight excluding hydrogens is 345 g/mol. The summed E-state index contributed by atoms with van der Waals surface area (Å²) in [4.78, 5) is 10.4. The third-order valence-corrected chi connectivity index (χ3v) is 3.46. The lowest BCUT2D eigenvalue weighted by molar-refractivity contribution is -0.385. The van der Waals surface area contributed by atoms with Crippen LogP contribution < -0.4 is 4.74 Å². The molecule has 0 spiro atoms. The van der Waals surface area contributed by atoms with E-state index in [9.17, 15) is 10.1 Å². The average molecular weight is 355 g/mol. The van der Waals surface area contributed by atoms with Crippen LogP contribution in [0.2, 0.25) is 0 Å². The molecule has 2 aromatic rings. The maximum absolute atomic E-state index is 10.8. The van der Waals surface area contributed by atoms with Gasteiger partial charge in [-0.1, -0.05) is 36.4 Å². The Bertz CT molecular complexity index is 557. The Balaban J connectivity index is 2.15. The summed E-state index contributed by atoms with van der Waals surface area (Å²) in [5.41, 5.74) is 1.10. The van der Waals surface area contributed by atoms with Crippen molar-refractivity contribution in [3.05, 3.63) is 67.8 Å². The number of rotatable bonds is 4. The predicted molar refractivity (Wildman–Crippen MR) is 76.6 cm³/mol. The van der Waals surface area contributed by atoms with Gasteiger partial charge in [0.2, 0.25) is 0 Å². The first-order valence-electron chi connectivity index (χ1n) is 5.28. The zero-order valence-corrected chi connectivity index (χ0v) is 11.5. The molecule has 2 aromatic carbocycles. The third-order valence-electron chi connectivity index (χ3n) is 2.38. The number of nitrogens with zero attached hydrogens (tertiary/aromatic N) is 1. The molecule has 92 valence electrons. The van der Waals surface area contributed by atoms with Crippen LogP contribution in [-0.2, 0) is 6.61 Å². The highest BCUT2D eigenvalue weighted by molar-refractivity contribution is 14.1. The minimum atomic E-state index is -0.406. The number of halogens is 1. The van der Waals surface area contributed by atoms with Crippen LogP contribution in [0.15, 0.2) is 48.5 Å². The third kappa shape index (κ3) is 2.98. The standard InChI is InChI=1S/C13H10INO3/c14-13-11(15(16)17)7-4-8-12(13)18-9-10-5-2-1-3-6-10/h1-8H,9H2. The molecule has 5 heteroatoms. The van der Waals surface area contributed by atoms with Crippen molar-refractivity contribution < 1.29 is 9.66 Å². The van der Waals surface area contributed by atoms with E-state index in [0.717, 1.165) is 5.56 Å². The second-order valence-electron chi connectivity index (χ2n) is 3.62. The largest absolute Gasteiger partial charge is 0.488 e. The molecular formula is C13H10INO3. The van der Waals surface area contributed by atoms with E-state index in [1.807, 2.05) is 52.9 Å². The number of ether oxygens (including phenoxy) is 1. The fourth-order valence-corrected chi connectivity index (χ4v) is 2.20. The van der Waals surface area contributed by atoms with E-state index in [1.54, 1.807) is 12.1 Å². The van der Waals surface area contributed by atoms with Crippen molar-refractivity contribution in [1.82, 2.24) is 0 Å². The summed E-state index contributed by atoms with van der Waals surface area (Å²) < 4.78 is 6.13. The second-order valence-corrected chi connectivity index (χ2v) is 4.70. The SMILES string of the molecule is O=[N+]([O-])c1cccc(OCc2ccccc2)c1I. The van der Waals surface area contributed by atoms with Crippen LogP contribution in [0.25, 0.3) is 0 Å². The van der Waals surface area contributed by atoms with Gasteiger partial charge >= 0.3 is 0 Å². The molecule has 0 amide bonds. The average Bonchev–Trinajstić information content (AvgIpc) is 2.38. The molecule has 0 aromatic heterocycles. The Morgan fingerprint density at radius 2 is 1.83 bits per heavy atom. The highest BCUT2D eigenvalue weighted by Crippen LogP contribution is 2.30. The molecule has 0 atom stereocenters. The summed E-state index contributed by atoms with van der Waals surface area (Å²) in [5, 5.41) is 10.8. The van der Waals surface area contributed by atoms with Gasteiger partial charge in [-0.05, 0) is 34.2 Å². The molecule has 0 aliphatic carbocycles. The molecule has 0 radical (unpaired) electrons. The van der Waals surface area contributed by atoms with Gasteiger partial charge in [-0.15, -0.1) is 0 Å². The minimum absolute atomic E-state index is 0.0705. The van der Waals surface area contributed by atoms with Crippen molar-refractivity contribution in [2.75, 3.05) is 0 Å². The van der Waals surface area contributed by atoms with E-state index >= 15 is 0 Å². The van der Waals surface area contributed by atoms with E-state index in [0.29, 0.717) is 15.9 Å². The lowest BCUT2D eigenvalue weighted by atomic mass is 10.2. The molecule has 0 unspecified atom stereocenters. The fourth-order valence-electron chi connectivity index (χ4n) is 1.49. The van der Waals surface area contributed by atoms with Crippen molar-refractivity contribution in [1.29, 1.82) is 0 Å². The van der Waals surface area contributed by atoms with E-state index in [-0.39, 0.29) is 5.69 Å². The first-order valence-corrected chi connectivity index (χ1v) is 6.36. The number of hydrogen-bond donors (Lipinski definition) is 0. The molecule has 0 saturated heterocycles. The van der Waals surface area contributed by atoms with Gasteiger partial charge in [0.25, 0.3) is 5.69 Å². The predicted octanol–water partition coefficient (Wildman–Crippen LogP) is 3.78. The van der Waals surface area contributed by atoms with Gasteiger partial charge in [0.15, 0.2) is 0 Å². The molecule has 0 N–H and O–H groups in total. The molecule has 0 aliphatic heterocycles. The Kier molecular flexibility index (Phi) is 4.14. The summed E-state index contributed by atoms with van der Waals surface area (Å²) in [5.74, 6) is 0.536. The van der Waals surface area contributed by atoms with Crippen molar-refractivity contribution in [3.63, 3.8) is 0 Å². The van der Waals surface area contributed by atoms with Crippen molar-refractivity contribution in [3.8, 4) is 5.75 Å². The smallest absolute Gasteiger partial charge is 0.286 e. The number of nitro groups is 1. The Morgan fingerprint density at radius 3 is 2.50 bits per heavy atom. The lowest BCUT2D eigenvalue weighted by Crippen LogP contribution is -1.99. The van der Waals surface area contributed by atoms with Crippen LogP contribution >= 0.6 is 22.6 Å². The van der Waals surface area contributed by atoms with Crippen LogP contribution in [-0.4, -0.2) is 4.92 Å². The molecule has 18 heavy (non-hydrogen) atoms. The Morgan fingerprint density at radius 1 is 1.11 bits per heavy atom. The van der Waals surface area contributed by atoms with E-state index < -0.39 is 4.92 Å². The first kappa shape index (κ1) is 12.8. The zero-order chi connectivity index (χ0) is 13.0. The Labute approximate surface area is 118 Å². The van der Waals surface area contributed by atoms with Crippen LogP contribution in [0.3, 0.4) is 0 Å². The monoisotopic (exact) mass is 355 g/mol. The summed E-state index contributed by atoms with van der Waals surface area (Å²) >= 11 is 1.93. The van der Waals surface area contributed by atoms with E-state index in [4.69, 9.17) is 4.74 Å². The summed E-state index contributed by atoms with van der Waals surface area (Å²) in [7, 11) is 0. The topological polar surface area (TPSA) is 52.4 Å². The van der Waals surface area contributed by atoms with E-state index in [1.165, 1.54) is 6.07 Å². The van der Waals surface area contributed by atoms with Gasteiger partial charge in [0, 0.05) is 6.07 Å². The number of benzene rings is 2. The lowest BCUT2D eigenvalue weighted by Gasteiger charge is -2.08. The fraction of sp³-hybridized carbons (Fsp3) is 0.0769. The van der Waals surface area contributed by atoms with Crippen LogP contribution in [0.4, 0.5) is 5.69 Å². The minimum Gasteiger partial charge on any atom is -0.488 e. The van der Waals surface area contributed by atoms with Gasteiger partial charge in [-0.3, -0.25) is 10.1 Å². The molecule has 0 fully saturated rings. The van der Waals surface area contributed by atoms with Crippen LogP contribution in [0.1, 0.15) is 5.56 Å². The molecule has 2 rings (SSSR count). The van der Waals surface area contributed by atoms with Crippen molar-refractivity contribution >= 4 is 28.3 Å². The number of hydrogen-bond acceptors (Lipinski definition) is 3. The summed E-state index contributed by atoms with van der Waals surface area (Å²) in [6.45, 7) is 0.401. The van der Waals surface area contributed by atoms with Gasteiger partial charge in [0.05, 0.1) is 4.92 Å². The quantitative estimate of drug-likeness (QED) is 0.477. The highest BCUT2D eigenvalue weighted by Gasteiger charge is 2.15. The molecule has 0 aliphatic rings. The van der Waals surface area contributed by atoms with Crippen LogP contribution in [0.5, 0.6) is 5.75 Å². The molecule has 0 bridgehead atoms. The molecule has 0 heterocycles. The summed E-state index contributed by atoms with van der Waals surface area (Å²) in [6.07, 6.45) is 0. The highest BCUT2D eigenvalue weighted by atomic mass is 127. The molecule has 0 saturated carbocycles. The van der Waals surface area contributed by atoms with Gasteiger partial charge in [-0.25, -0.2) is 0 Å².